The topological polar surface area (TPSA) is 65.9 Å². The summed E-state index contributed by atoms with van der Waals surface area (Å²) in [6.45, 7) is 9.74. The van der Waals surface area contributed by atoms with Crippen LogP contribution < -0.4 is 5.84 Å². The van der Waals surface area contributed by atoms with E-state index in [9.17, 15) is 0 Å². The lowest BCUT2D eigenvalue weighted by molar-refractivity contribution is -1.13. The summed E-state index contributed by atoms with van der Waals surface area (Å²) in [5.41, 5.74) is 1.12. The number of furan rings is 1. The van der Waals surface area contributed by atoms with Crippen LogP contribution >= 0.6 is 11.8 Å². The fraction of sp³-hybridized carbons (Fsp3) is 0.667. The number of piperazine rings is 1. The molecule has 0 saturated carbocycles. The monoisotopic (exact) mass is 369 g/mol. The number of aliphatic hydroxyl groups excluding tert-OH is 1. The van der Waals surface area contributed by atoms with Crippen LogP contribution in [0.3, 0.4) is 0 Å². The molecule has 2 fully saturated rings. The standard InChI is InChI=1S/C14H23NO2S.C4H10N3/c1-12(6-8-16)7-9-18-11-14-5-4-13(17-14)10-15(2)3;5-7-3-1-6(7)2-4-7/h4-5,16H,1,6-11H2,2-3H3;1-5H2/q;+1. The molecule has 2 saturated heterocycles. The first-order chi connectivity index (χ1) is 11.9. The van der Waals surface area contributed by atoms with Gasteiger partial charge in [-0.3, -0.25) is 0 Å². The van der Waals surface area contributed by atoms with Crippen molar-refractivity contribution in [2.45, 2.75) is 25.1 Å². The van der Waals surface area contributed by atoms with Gasteiger partial charge in [-0.15, -0.1) is 5.01 Å². The minimum atomic E-state index is 0.204. The van der Waals surface area contributed by atoms with Crippen molar-refractivity contribution < 1.29 is 14.2 Å². The predicted octanol–water partition coefficient (Wildman–Crippen LogP) is 1.82. The number of hydrogen-bond acceptors (Lipinski definition) is 6. The Labute approximate surface area is 155 Å². The molecule has 0 aromatic carbocycles. The summed E-state index contributed by atoms with van der Waals surface area (Å²) in [7, 11) is 4.06. The van der Waals surface area contributed by atoms with Crippen LogP contribution in [0.4, 0.5) is 0 Å². The number of hydrogen-bond donors (Lipinski definition) is 2. The maximum atomic E-state index is 8.76. The molecule has 6 nitrogen and oxygen atoms in total. The van der Waals surface area contributed by atoms with E-state index in [1.807, 2.05) is 38.0 Å². The summed E-state index contributed by atoms with van der Waals surface area (Å²) >= 11 is 1.84. The molecule has 0 radical (unpaired) electrons. The molecule has 0 unspecified atom stereocenters. The molecule has 7 heteroatoms. The van der Waals surface area contributed by atoms with Crippen molar-refractivity contribution in [3.63, 3.8) is 0 Å². The zero-order chi connectivity index (χ0) is 18.3. The van der Waals surface area contributed by atoms with Crippen molar-refractivity contribution >= 4 is 11.8 Å². The maximum absolute atomic E-state index is 8.76. The summed E-state index contributed by atoms with van der Waals surface area (Å²) in [4.78, 5) is 2.09. The van der Waals surface area contributed by atoms with Crippen molar-refractivity contribution in [1.82, 2.24) is 9.91 Å². The molecule has 1 aromatic heterocycles. The number of nitrogens with zero attached hydrogens (tertiary/aromatic N) is 3. The average molecular weight is 370 g/mol. The Morgan fingerprint density at radius 2 is 1.96 bits per heavy atom. The predicted molar refractivity (Wildman–Crippen MR) is 103 cm³/mol. The number of thioether (sulfide) groups is 1. The maximum Gasteiger partial charge on any atom is 0.133 e. The highest BCUT2D eigenvalue weighted by molar-refractivity contribution is 7.98. The van der Waals surface area contributed by atoms with Crippen LogP contribution in [0.2, 0.25) is 0 Å². The molecule has 2 aliphatic rings. The molecule has 0 amide bonds. The van der Waals surface area contributed by atoms with E-state index in [1.54, 1.807) is 0 Å². The smallest absolute Gasteiger partial charge is 0.133 e. The van der Waals surface area contributed by atoms with Crippen LogP contribution in [-0.2, 0) is 12.3 Å². The fourth-order valence-electron chi connectivity index (χ4n) is 2.79. The van der Waals surface area contributed by atoms with E-state index in [0.29, 0.717) is 6.42 Å². The molecule has 142 valence electrons. The van der Waals surface area contributed by atoms with Crippen LogP contribution in [-0.4, -0.2) is 72.4 Å². The minimum absolute atomic E-state index is 0.204. The number of rotatable bonds is 9. The Morgan fingerprint density at radius 1 is 1.32 bits per heavy atom. The van der Waals surface area contributed by atoms with Gasteiger partial charge in [0.1, 0.15) is 37.7 Å². The Morgan fingerprint density at radius 3 is 2.44 bits per heavy atom. The molecule has 1 aromatic rings. The molecule has 0 aliphatic carbocycles. The fourth-order valence-corrected chi connectivity index (χ4v) is 3.72. The second kappa shape index (κ2) is 9.75. The van der Waals surface area contributed by atoms with E-state index in [4.69, 9.17) is 15.4 Å². The van der Waals surface area contributed by atoms with Crippen LogP contribution in [0.1, 0.15) is 24.4 Å². The summed E-state index contributed by atoms with van der Waals surface area (Å²) in [5, 5.41) is 11.0. The van der Waals surface area contributed by atoms with Gasteiger partial charge in [0.25, 0.3) is 0 Å². The molecule has 3 rings (SSSR count). The second-order valence-corrected chi connectivity index (χ2v) is 8.13. The number of fused-ring (bicyclic) bond motifs is 1. The quantitative estimate of drug-likeness (QED) is 0.300. The van der Waals surface area contributed by atoms with Crippen molar-refractivity contribution in [3.8, 4) is 0 Å². The number of nitrogens with two attached hydrogens (primary N) is 1. The highest BCUT2D eigenvalue weighted by Crippen LogP contribution is 2.23. The van der Waals surface area contributed by atoms with Gasteiger partial charge in [0.05, 0.1) is 12.3 Å². The summed E-state index contributed by atoms with van der Waals surface area (Å²) in [6, 6.07) is 4.09. The summed E-state index contributed by atoms with van der Waals surface area (Å²) in [5.74, 6) is 9.69. The van der Waals surface area contributed by atoms with Crippen LogP contribution in [0.25, 0.3) is 0 Å². The Kier molecular flexibility index (Phi) is 7.99. The third-order valence-electron chi connectivity index (χ3n) is 4.55. The molecule has 0 atom stereocenters. The van der Waals surface area contributed by atoms with Crippen molar-refractivity contribution in [2.24, 2.45) is 5.84 Å². The largest absolute Gasteiger partial charge is 0.464 e. The third kappa shape index (κ3) is 6.44. The van der Waals surface area contributed by atoms with E-state index in [0.717, 1.165) is 46.3 Å². The van der Waals surface area contributed by atoms with E-state index in [-0.39, 0.29) is 6.61 Å². The normalized spacial score (nSPS) is 18.0. The molecule has 25 heavy (non-hydrogen) atoms. The molecule has 2 aliphatic heterocycles. The molecule has 3 N–H and O–H groups in total. The van der Waals surface area contributed by atoms with Gasteiger partial charge in [0, 0.05) is 6.61 Å². The summed E-state index contributed by atoms with van der Waals surface area (Å²) in [6.07, 6.45) is 1.69. The molecule has 3 heterocycles. The van der Waals surface area contributed by atoms with Crippen molar-refractivity contribution in [1.29, 1.82) is 0 Å². The van der Waals surface area contributed by atoms with Gasteiger partial charge in [-0.1, -0.05) is 12.2 Å². The van der Waals surface area contributed by atoms with Crippen molar-refractivity contribution in [3.05, 3.63) is 35.8 Å². The molecule has 0 spiro atoms. The Hall–Kier alpha value is -0.830. The van der Waals surface area contributed by atoms with Crippen molar-refractivity contribution in [2.75, 3.05) is 52.6 Å². The Balaban J connectivity index is 0.000000261. The van der Waals surface area contributed by atoms with E-state index < -0.39 is 0 Å². The molecule has 0 bridgehead atoms. The van der Waals surface area contributed by atoms with E-state index >= 15 is 0 Å². The number of aliphatic hydroxyl groups is 1. The SMILES string of the molecule is C=C(CCO)CCSCc1ccc(CN(C)C)o1.N[N+]12CCN1CC2. The molecular formula is C18H33N4O2S+. The third-order valence-corrected chi connectivity index (χ3v) is 5.53. The first-order valence-electron chi connectivity index (χ1n) is 8.91. The van der Waals surface area contributed by atoms with Crippen LogP contribution in [0.15, 0.2) is 28.7 Å². The van der Waals surface area contributed by atoms with Gasteiger partial charge >= 0.3 is 0 Å². The number of quaternary nitrogens is 1. The first-order valence-corrected chi connectivity index (χ1v) is 10.1. The zero-order valence-electron chi connectivity index (χ0n) is 15.6. The Bertz CT molecular complexity index is 539. The van der Waals surface area contributed by atoms with Crippen LogP contribution in [0, 0.1) is 0 Å². The molecular weight excluding hydrogens is 336 g/mol. The van der Waals surface area contributed by atoms with Gasteiger partial charge in [-0.2, -0.15) is 22.3 Å². The highest BCUT2D eigenvalue weighted by atomic mass is 32.2. The summed E-state index contributed by atoms with van der Waals surface area (Å²) < 4.78 is 6.47. The van der Waals surface area contributed by atoms with Gasteiger partial charge in [-0.25, -0.2) is 0 Å². The highest BCUT2D eigenvalue weighted by Gasteiger charge is 2.50. The van der Waals surface area contributed by atoms with Crippen LogP contribution in [0.5, 0.6) is 0 Å². The lowest BCUT2D eigenvalue weighted by Crippen LogP contribution is -2.85. The van der Waals surface area contributed by atoms with Gasteiger partial charge in [0.15, 0.2) is 0 Å². The van der Waals surface area contributed by atoms with E-state index in [2.05, 4.69) is 16.5 Å². The minimum Gasteiger partial charge on any atom is -0.464 e. The van der Waals surface area contributed by atoms with Gasteiger partial charge < -0.3 is 14.4 Å². The second-order valence-electron chi connectivity index (χ2n) is 7.02. The lowest BCUT2D eigenvalue weighted by atomic mass is 10.2. The van der Waals surface area contributed by atoms with Gasteiger partial charge in [-0.05, 0) is 44.8 Å². The lowest BCUT2D eigenvalue weighted by Gasteiger charge is -2.56. The zero-order valence-corrected chi connectivity index (χ0v) is 16.4. The average Bonchev–Trinajstić information content (AvgIpc) is 2.99. The van der Waals surface area contributed by atoms with E-state index in [1.165, 1.54) is 26.2 Å². The van der Waals surface area contributed by atoms with Gasteiger partial charge in [0.2, 0.25) is 0 Å². The first kappa shape index (κ1) is 20.5.